The number of hydrogen-bond acceptors (Lipinski definition) is 5. The summed E-state index contributed by atoms with van der Waals surface area (Å²) < 4.78 is 5.62. The Balaban J connectivity index is 1.43. The molecular formula is C23H29Cl2N5OS. The van der Waals surface area contributed by atoms with Crippen molar-refractivity contribution in [1.82, 2.24) is 15.3 Å². The van der Waals surface area contributed by atoms with Crippen LogP contribution in [0.25, 0.3) is 0 Å². The quantitative estimate of drug-likeness (QED) is 0.445. The number of halogens is 2. The van der Waals surface area contributed by atoms with E-state index in [2.05, 4.69) is 38.5 Å². The van der Waals surface area contributed by atoms with E-state index in [0.717, 1.165) is 55.5 Å². The fourth-order valence-corrected chi connectivity index (χ4v) is 4.94. The van der Waals surface area contributed by atoms with Crippen LogP contribution in [-0.4, -0.2) is 47.9 Å². The van der Waals surface area contributed by atoms with E-state index in [1.807, 2.05) is 24.3 Å². The number of ether oxygens (including phenoxy) is 1. The number of anilines is 2. The average Bonchev–Trinajstić information content (AvgIpc) is 2.78. The molecule has 2 aliphatic heterocycles. The van der Waals surface area contributed by atoms with Gasteiger partial charge in [-0.1, -0.05) is 42.3 Å². The van der Waals surface area contributed by atoms with E-state index in [4.69, 9.17) is 40.2 Å². The van der Waals surface area contributed by atoms with E-state index in [9.17, 15) is 0 Å². The molecule has 172 valence electrons. The van der Waals surface area contributed by atoms with Gasteiger partial charge in [-0.3, -0.25) is 0 Å². The number of piperidine rings is 1. The summed E-state index contributed by atoms with van der Waals surface area (Å²) >= 11 is 18.1. The maximum absolute atomic E-state index is 6.29. The van der Waals surface area contributed by atoms with E-state index in [1.54, 1.807) is 0 Å². The molecule has 4 rings (SSSR count). The van der Waals surface area contributed by atoms with Crippen molar-refractivity contribution in [3.05, 3.63) is 46.1 Å². The van der Waals surface area contributed by atoms with Gasteiger partial charge in [-0.15, -0.1) is 0 Å². The van der Waals surface area contributed by atoms with Crippen LogP contribution >= 0.6 is 35.4 Å². The van der Waals surface area contributed by atoms with Gasteiger partial charge in [-0.05, 0) is 61.5 Å². The van der Waals surface area contributed by atoms with Crippen LogP contribution in [0.15, 0.2) is 30.3 Å². The van der Waals surface area contributed by atoms with Gasteiger partial charge in [-0.2, -0.15) is 4.98 Å². The summed E-state index contributed by atoms with van der Waals surface area (Å²) in [5, 5.41) is 8.10. The minimum Gasteiger partial charge on any atom is -0.381 e. The second-order valence-corrected chi connectivity index (χ2v) is 9.98. The van der Waals surface area contributed by atoms with E-state index >= 15 is 0 Å². The molecule has 0 amide bonds. The Morgan fingerprint density at radius 3 is 2.66 bits per heavy atom. The van der Waals surface area contributed by atoms with Crippen molar-refractivity contribution in [3.63, 3.8) is 0 Å². The van der Waals surface area contributed by atoms with Crippen LogP contribution in [0.3, 0.4) is 0 Å². The number of aromatic nitrogens is 2. The Morgan fingerprint density at radius 1 is 1.19 bits per heavy atom. The van der Waals surface area contributed by atoms with Gasteiger partial charge >= 0.3 is 0 Å². The van der Waals surface area contributed by atoms with Crippen molar-refractivity contribution in [2.75, 3.05) is 43.1 Å². The molecule has 0 radical (unpaired) electrons. The standard InChI is InChI=1S/C23H29Cl2N5OS/c1-16-5-9-30(10-6-16)20-14-19(25)27-21(28-20)29-22(32)26-15-23(7-11-31-12-8-23)17-3-2-4-18(24)13-17/h2-4,13-14,16H,5-12,15H2,1H3,(H2,26,27,28,29,32). The van der Waals surface area contributed by atoms with Gasteiger partial charge in [0.25, 0.3) is 0 Å². The smallest absolute Gasteiger partial charge is 0.232 e. The monoisotopic (exact) mass is 493 g/mol. The van der Waals surface area contributed by atoms with Gasteiger partial charge in [-0.25, -0.2) is 4.98 Å². The van der Waals surface area contributed by atoms with Crippen molar-refractivity contribution < 1.29 is 4.74 Å². The molecule has 0 spiro atoms. The summed E-state index contributed by atoms with van der Waals surface area (Å²) in [5.74, 6) is 1.99. The molecule has 0 saturated carbocycles. The van der Waals surface area contributed by atoms with Gasteiger partial charge in [0.05, 0.1) is 0 Å². The van der Waals surface area contributed by atoms with E-state index < -0.39 is 0 Å². The zero-order chi connectivity index (χ0) is 22.6. The van der Waals surface area contributed by atoms with Crippen molar-refractivity contribution in [1.29, 1.82) is 0 Å². The highest BCUT2D eigenvalue weighted by Crippen LogP contribution is 2.35. The highest BCUT2D eigenvalue weighted by molar-refractivity contribution is 7.80. The predicted octanol–water partition coefficient (Wildman–Crippen LogP) is 5.05. The summed E-state index contributed by atoms with van der Waals surface area (Å²) in [5.41, 5.74) is 1.10. The molecule has 2 saturated heterocycles. The first-order chi connectivity index (χ1) is 15.4. The molecule has 1 aromatic heterocycles. The van der Waals surface area contributed by atoms with Gasteiger partial charge in [0.2, 0.25) is 5.95 Å². The van der Waals surface area contributed by atoms with Gasteiger partial charge in [0.1, 0.15) is 11.0 Å². The topological polar surface area (TPSA) is 62.3 Å². The lowest BCUT2D eigenvalue weighted by Gasteiger charge is -2.38. The van der Waals surface area contributed by atoms with Crippen LogP contribution in [0, 0.1) is 5.92 Å². The van der Waals surface area contributed by atoms with E-state index in [1.165, 1.54) is 5.56 Å². The second kappa shape index (κ2) is 10.5. The molecule has 0 bridgehead atoms. The third kappa shape index (κ3) is 5.81. The SMILES string of the molecule is CC1CCN(c2cc(Cl)nc(NC(=S)NCC3(c4cccc(Cl)c4)CCOCC3)n2)CC1. The number of hydrogen-bond donors (Lipinski definition) is 2. The van der Waals surface area contributed by atoms with Crippen LogP contribution in [0.2, 0.25) is 10.2 Å². The number of thiocarbonyl (C=S) groups is 1. The van der Waals surface area contributed by atoms with Crippen molar-refractivity contribution in [3.8, 4) is 0 Å². The predicted molar refractivity (Wildman–Crippen MR) is 135 cm³/mol. The number of nitrogens with zero attached hydrogens (tertiary/aromatic N) is 3. The van der Waals surface area contributed by atoms with Crippen LogP contribution in [0.5, 0.6) is 0 Å². The first-order valence-corrected chi connectivity index (χ1v) is 12.3. The summed E-state index contributed by atoms with van der Waals surface area (Å²) in [6.07, 6.45) is 4.10. The zero-order valence-corrected chi connectivity index (χ0v) is 20.6. The van der Waals surface area contributed by atoms with Crippen molar-refractivity contribution in [2.45, 2.75) is 38.0 Å². The molecule has 6 nitrogen and oxygen atoms in total. The number of nitrogens with one attached hydrogen (secondary N) is 2. The van der Waals surface area contributed by atoms with E-state index in [-0.39, 0.29) is 5.41 Å². The lowest BCUT2D eigenvalue weighted by Crippen LogP contribution is -2.45. The van der Waals surface area contributed by atoms with Crippen molar-refractivity contribution in [2.24, 2.45) is 5.92 Å². The molecular weight excluding hydrogens is 465 g/mol. The van der Waals surface area contributed by atoms with Crippen molar-refractivity contribution >= 4 is 52.3 Å². The summed E-state index contributed by atoms with van der Waals surface area (Å²) in [6.45, 7) is 6.32. The fourth-order valence-electron chi connectivity index (χ4n) is 4.40. The molecule has 2 aromatic rings. The summed E-state index contributed by atoms with van der Waals surface area (Å²) in [7, 11) is 0. The highest BCUT2D eigenvalue weighted by atomic mass is 35.5. The minimum absolute atomic E-state index is 0.0975. The molecule has 9 heteroatoms. The lowest BCUT2D eigenvalue weighted by atomic mass is 9.74. The summed E-state index contributed by atoms with van der Waals surface area (Å²) in [6, 6.07) is 9.87. The van der Waals surface area contributed by atoms with Gasteiger partial charge in [0.15, 0.2) is 5.11 Å². The molecule has 2 aliphatic rings. The maximum Gasteiger partial charge on any atom is 0.232 e. The molecule has 3 heterocycles. The van der Waals surface area contributed by atoms with Crippen LogP contribution in [0.4, 0.5) is 11.8 Å². The largest absolute Gasteiger partial charge is 0.381 e. The third-order valence-corrected chi connectivity index (χ3v) is 7.16. The lowest BCUT2D eigenvalue weighted by molar-refractivity contribution is 0.0515. The second-order valence-electron chi connectivity index (χ2n) is 8.75. The molecule has 0 atom stereocenters. The third-order valence-electron chi connectivity index (χ3n) is 6.49. The summed E-state index contributed by atoms with van der Waals surface area (Å²) in [4.78, 5) is 11.2. The number of benzene rings is 1. The normalized spacial score (nSPS) is 18.9. The highest BCUT2D eigenvalue weighted by Gasteiger charge is 2.34. The Kier molecular flexibility index (Phi) is 7.71. The Hall–Kier alpha value is -1.67. The van der Waals surface area contributed by atoms with Crippen LogP contribution in [-0.2, 0) is 10.2 Å². The Labute approximate surface area is 205 Å². The Bertz CT molecular complexity index is 946. The maximum atomic E-state index is 6.29. The zero-order valence-electron chi connectivity index (χ0n) is 18.2. The average molecular weight is 494 g/mol. The Morgan fingerprint density at radius 2 is 1.94 bits per heavy atom. The molecule has 2 fully saturated rings. The molecule has 32 heavy (non-hydrogen) atoms. The van der Waals surface area contributed by atoms with Gasteiger partial charge in [0, 0.05) is 49.4 Å². The van der Waals surface area contributed by atoms with E-state index in [0.29, 0.717) is 36.0 Å². The van der Waals surface area contributed by atoms with Crippen LogP contribution < -0.4 is 15.5 Å². The molecule has 2 N–H and O–H groups in total. The molecule has 0 aliphatic carbocycles. The first kappa shape index (κ1) is 23.5. The minimum atomic E-state index is -0.0975. The van der Waals surface area contributed by atoms with Gasteiger partial charge < -0.3 is 20.3 Å². The molecule has 1 aromatic carbocycles. The number of rotatable bonds is 5. The first-order valence-electron chi connectivity index (χ1n) is 11.1. The van der Waals surface area contributed by atoms with Crippen LogP contribution in [0.1, 0.15) is 38.2 Å². The fraction of sp³-hybridized carbons (Fsp3) is 0.522. The molecule has 0 unspecified atom stereocenters.